The Hall–Kier alpha value is -2.60. The molecule has 1 aromatic carbocycles. The number of rotatable bonds is 5. The van der Waals surface area contributed by atoms with E-state index in [4.69, 9.17) is 0 Å². The molecule has 3 aromatic rings. The molecule has 140 valence electrons. The summed E-state index contributed by atoms with van der Waals surface area (Å²) >= 11 is 0. The monoisotopic (exact) mass is 365 g/mol. The summed E-state index contributed by atoms with van der Waals surface area (Å²) in [6, 6.07) is 6.80. The molecular weight excluding hydrogens is 341 g/mol. The fourth-order valence-corrected chi connectivity index (χ4v) is 3.82. The highest BCUT2D eigenvalue weighted by Gasteiger charge is 2.25. The topological polar surface area (TPSA) is 46.8 Å². The summed E-state index contributed by atoms with van der Waals surface area (Å²) in [5.41, 5.74) is 2.22. The lowest BCUT2D eigenvalue weighted by atomic mass is 9.92. The second kappa shape index (κ2) is 7.96. The van der Waals surface area contributed by atoms with Crippen molar-refractivity contribution in [1.29, 1.82) is 0 Å². The largest absolute Gasteiger partial charge is 0.299 e. The lowest BCUT2D eigenvalue weighted by Crippen LogP contribution is -2.33. The molecule has 0 N–H and O–H groups in total. The number of imidazole rings is 1. The molecule has 1 aliphatic rings. The summed E-state index contributed by atoms with van der Waals surface area (Å²) in [6.07, 6.45) is 10.3. The maximum Gasteiger partial charge on any atom is 0.160 e. The minimum atomic E-state index is -0.182. The lowest BCUT2D eigenvalue weighted by Gasteiger charge is -2.32. The zero-order valence-corrected chi connectivity index (χ0v) is 15.6. The van der Waals surface area contributed by atoms with Crippen molar-refractivity contribution in [1.82, 2.24) is 24.4 Å². The number of piperidine rings is 1. The van der Waals surface area contributed by atoms with Crippen LogP contribution >= 0.6 is 0 Å². The minimum Gasteiger partial charge on any atom is -0.299 e. The van der Waals surface area contributed by atoms with Crippen LogP contribution < -0.4 is 0 Å². The highest BCUT2D eigenvalue weighted by Crippen LogP contribution is 2.30. The maximum atomic E-state index is 13.1. The van der Waals surface area contributed by atoms with Gasteiger partial charge in [-0.2, -0.15) is 0 Å². The van der Waals surface area contributed by atoms with Gasteiger partial charge in [0, 0.05) is 43.7 Å². The van der Waals surface area contributed by atoms with Crippen LogP contribution in [0.3, 0.4) is 0 Å². The van der Waals surface area contributed by atoms with Gasteiger partial charge in [-0.1, -0.05) is 19.1 Å². The SMILES string of the molecule is CCc1nccn1-c1nccnc1C1CCN(Cc2ccc(F)cc2)CC1. The summed E-state index contributed by atoms with van der Waals surface area (Å²) in [5.74, 6) is 2.12. The Morgan fingerprint density at radius 1 is 1.00 bits per heavy atom. The summed E-state index contributed by atoms with van der Waals surface area (Å²) < 4.78 is 15.1. The van der Waals surface area contributed by atoms with Gasteiger partial charge in [-0.15, -0.1) is 0 Å². The molecule has 27 heavy (non-hydrogen) atoms. The van der Waals surface area contributed by atoms with Crippen LogP contribution in [0.5, 0.6) is 0 Å². The first-order valence-corrected chi connectivity index (χ1v) is 9.55. The Balaban J connectivity index is 1.46. The van der Waals surface area contributed by atoms with E-state index in [0.29, 0.717) is 5.92 Å². The Morgan fingerprint density at radius 2 is 1.74 bits per heavy atom. The number of likely N-dealkylation sites (tertiary alicyclic amines) is 1. The summed E-state index contributed by atoms with van der Waals surface area (Å²) in [4.78, 5) is 16.1. The molecule has 4 rings (SSSR count). The van der Waals surface area contributed by atoms with Crippen molar-refractivity contribution in [2.45, 2.75) is 38.6 Å². The first-order valence-electron chi connectivity index (χ1n) is 9.55. The number of halogens is 1. The molecule has 1 aliphatic heterocycles. The molecule has 0 saturated carbocycles. The Morgan fingerprint density at radius 3 is 2.48 bits per heavy atom. The summed E-state index contributed by atoms with van der Waals surface area (Å²) in [7, 11) is 0. The zero-order valence-electron chi connectivity index (χ0n) is 15.6. The lowest BCUT2D eigenvalue weighted by molar-refractivity contribution is 0.203. The van der Waals surface area contributed by atoms with Gasteiger partial charge in [0.25, 0.3) is 0 Å². The van der Waals surface area contributed by atoms with E-state index in [9.17, 15) is 4.39 Å². The number of aryl methyl sites for hydroxylation is 1. The highest BCUT2D eigenvalue weighted by atomic mass is 19.1. The number of nitrogens with zero attached hydrogens (tertiary/aromatic N) is 5. The molecular formula is C21H24FN5. The second-order valence-electron chi connectivity index (χ2n) is 7.01. The van der Waals surface area contributed by atoms with Crippen LogP contribution in [-0.4, -0.2) is 37.5 Å². The standard InChI is InChI=1S/C21H24FN5/c1-2-19-23-11-14-27(19)21-20(24-9-10-25-21)17-7-12-26(13-8-17)15-16-3-5-18(22)6-4-16/h3-6,9-11,14,17H,2,7-8,12-13,15H2,1H3. The molecule has 1 fully saturated rings. The van der Waals surface area contributed by atoms with E-state index in [2.05, 4.69) is 31.3 Å². The van der Waals surface area contributed by atoms with Crippen LogP contribution in [0.25, 0.3) is 5.82 Å². The van der Waals surface area contributed by atoms with E-state index in [-0.39, 0.29) is 5.82 Å². The van der Waals surface area contributed by atoms with Crippen molar-refractivity contribution >= 4 is 0 Å². The number of benzene rings is 1. The minimum absolute atomic E-state index is 0.182. The number of hydrogen-bond donors (Lipinski definition) is 0. The molecule has 2 aromatic heterocycles. The molecule has 1 saturated heterocycles. The number of hydrogen-bond acceptors (Lipinski definition) is 4. The smallest absolute Gasteiger partial charge is 0.160 e. The van der Waals surface area contributed by atoms with Crippen molar-refractivity contribution in [2.24, 2.45) is 0 Å². The van der Waals surface area contributed by atoms with Crippen LogP contribution in [0.1, 0.15) is 42.8 Å². The van der Waals surface area contributed by atoms with Gasteiger partial charge >= 0.3 is 0 Å². The zero-order chi connectivity index (χ0) is 18.6. The molecule has 0 spiro atoms. The van der Waals surface area contributed by atoms with Crippen molar-refractivity contribution in [3.05, 3.63) is 72.0 Å². The van der Waals surface area contributed by atoms with E-state index in [1.54, 1.807) is 12.4 Å². The Kier molecular flexibility index (Phi) is 5.25. The molecule has 0 unspecified atom stereocenters. The van der Waals surface area contributed by atoms with Crippen LogP contribution in [0.15, 0.2) is 49.1 Å². The number of aromatic nitrogens is 4. The average Bonchev–Trinajstić information content (AvgIpc) is 3.19. The van der Waals surface area contributed by atoms with Gasteiger partial charge in [-0.25, -0.2) is 14.4 Å². The van der Waals surface area contributed by atoms with Gasteiger partial charge in [0.2, 0.25) is 0 Å². The van der Waals surface area contributed by atoms with Crippen LogP contribution in [-0.2, 0) is 13.0 Å². The van der Waals surface area contributed by atoms with Gasteiger partial charge in [-0.05, 0) is 43.6 Å². The molecule has 0 aliphatic carbocycles. The van der Waals surface area contributed by atoms with Crippen LogP contribution in [0.4, 0.5) is 4.39 Å². The quantitative estimate of drug-likeness (QED) is 0.691. The van der Waals surface area contributed by atoms with Crippen LogP contribution in [0.2, 0.25) is 0 Å². The fourth-order valence-electron chi connectivity index (χ4n) is 3.82. The van der Waals surface area contributed by atoms with Crippen molar-refractivity contribution in [3.63, 3.8) is 0 Å². The maximum absolute atomic E-state index is 13.1. The second-order valence-corrected chi connectivity index (χ2v) is 7.01. The van der Waals surface area contributed by atoms with Gasteiger partial charge in [0.1, 0.15) is 11.6 Å². The average molecular weight is 365 g/mol. The third-order valence-corrected chi connectivity index (χ3v) is 5.26. The third kappa shape index (κ3) is 3.90. The van der Waals surface area contributed by atoms with E-state index in [1.165, 1.54) is 12.1 Å². The van der Waals surface area contributed by atoms with E-state index in [0.717, 1.165) is 61.8 Å². The molecule has 0 bridgehead atoms. The van der Waals surface area contributed by atoms with Gasteiger partial charge in [0.05, 0.1) is 5.69 Å². The predicted molar refractivity (Wildman–Crippen MR) is 102 cm³/mol. The van der Waals surface area contributed by atoms with E-state index in [1.807, 2.05) is 24.5 Å². The van der Waals surface area contributed by atoms with Gasteiger partial charge in [0.15, 0.2) is 5.82 Å². The normalized spacial score (nSPS) is 15.9. The van der Waals surface area contributed by atoms with E-state index < -0.39 is 0 Å². The molecule has 0 amide bonds. The Labute approximate surface area is 158 Å². The van der Waals surface area contributed by atoms with Crippen molar-refractivity contribution in [3.8, 4) is 5.82 Å². The fraction of sp³-hybridized carbons (Fsp3) is 0.381. The molecule has 6 heteroatoms. The van der Waals surface area contributed by atoms with Gasteiger partial charge in [-0.3, -0.25) is 14.5 Å². The summed E-state index contributed by atoms with van der Waals surface area (Å²) in [5, 5.41) is 0. The molecule has 0 atom stereocenters. The van der Waals surface area contributed by atoms with Crippen molar-refractivity contribution in [2.75, 3.05) is 13.1 Å². The Bertz CT molecular complexity index is 882. The highest BCUT2D eigenvalue weighted by molar-refractivity contribution is 5.33. The third-order valence-electron chi connectivity index (χ3n) is 5.26. The predicted octanol–water partition coefficient (Wildman–Crippen LogP) is 3.74. The first kappa shape index (κ1) is 17.8. The van der Waals surface area contributed by atoms with Crippen molar-refractivity contribution < 1.29 is 4.39 Å². The van der Waals surface area contributed by atoms with Crippen LogP contribution in [0, 0.1) is 5.82 Å². The molecule has 0 radical (unpaired) electrons. The first-order chi connectivity index (χ1) is 13.2. The van der Waals surface area contributed by atoms with E-state index >= 15 is 0 Å². The molecule has 5 nitrogen and oxygen atoms in total. The summed E-state index contributed by atoms with van der Waals surface area (Å²) in [6.45, 7) is 4.97. The molecule has 3 heterocycles. The van der Waals surface area contributed by atoms with Gasteiger partial charge < -0.3 is 0 Å².